The second-order valence-electron chi connectivity index (χ2n) is 5.02. The fraction of sp³-hybridized carbons (Fsp3) is 0.533. The van der Waals surface area contributed by atoms with Crippen LogP contribution in [0.5, 0.6) is 11.5 Å². The predicted molar refractivity (Wildman–Crippen MR) is 96.0 cm³/mol. The summed E-state index contributed by atoms with van der Waals surface area (Å²) in [5.41, 5.74) is 0.696. The van der Waals surface area contributed by atoms with Crippen molar-refractivity contribution in [1.82, 2.24) is 10.2 Å². The Kier molecular flexibility index (Phi) is 7.16. The lowest BCUT2D eigenvalue weighted by molar-refractivity contribution is 0.0389. The number of hydrogen-bond donors (Lipinski definition) is 2. The van der Waals surface area contributed by atoms with Crippen molar-refractivity contribution in [2.75, 3.05) is 58.9 Å². The van der Waals surface area contributed by atoms with Gasteiger partial charge in [-0.2, -0.15) is 0 Å². The number of thiocarbonyl (C=S) groups is 1. The van der Waals surface area contributed by atoms with Crippen LogP contribution < -0.4 is 20.1 Å². The van der Waals surface area contributed by atoms with Crippen LogP contribution in [0.1, 0.15) is 0 Å². The Hall–Kier alpha value is -1.28. The Morgan fingerprint density at radius 3 is 2.61 bits per heavy atom. The molecule has 1 fully saturated rings. The molecule has 0 amide bonds. The van der Waals surface area contributed by atoms with Gasteiger partial charge in [-0.05, 0) is 18.3 Å². The third-order valence-electron chi connectivity index (χ3n) is 3.54. The van der Waals surface area contributed by atoms with Crippen molar-refractivity contribution in [3.63, 3.8) is 0 Å². The first-order valence-corrected chi connectivity index (χ1v) is 8.19. The van der Waals surface area contributed by atoms with Gasteiger partial charge >= 0.3 is 0 Å². The summed E-state index contributed by atoms with van der Waals surface area (Å²) in [5.74, 6) is 1.17. The quantitative estimate of drug-likeness (QED) is 0.753. The summed E-state index contributed by atoms with van der Waals surface area (Å²) in [6.07, 6.45) is 0. The maximum absolute atomic E-state index is 6.15. The van der Waals surface area contributed by atoms with E-state index in [1.54, 1.807) is 26.4 Å². The monoisotopic (exact) mass is 359 g/mol. The van der Waals surface area contributed by atoms with Gasteiger partial charge in [0.15, 0.2) is 5.11 Å². The first-order valence-electron chi connectivity index (χ1n) is 7.40. The highest BCUT2D eigenvalue weighted by Crippen LogP contribution is 2.35. The zero-order chi connectivity index (χ0) is 16.7. The number of ether oxygens (including phenoxy) is 3. The standard InChI is InChI=1S/C15H22ClN3O3S/c1-20-13-10-14(21-2)12(9-11(13)16)18-15(23)17-3-4-19-5-7-22-8-6-19/h9-10H,3-8H2,1-2H3,(H2,17,18,23). The number of rotatable bonds is 6. The van der Waals surface area contributed by atoms with Crippen LogP contribution in [0.3, 0.4) is 0 Å². The van der Waals surface area contributed by atoms with Crippen molar-refractivity contribution in [2.24, 2.45) is 0 Å². The molecule has 0 unspecified atom stereocenters. The summed E-state index contributed by atoms with van der Waals surface area (Å²) in [7, 11) is 3.15. The molecule has 0 aliphatic carbocycles. The van der Waals surface area contributed by atoms with E-state index in [2.05, 4.69) is 15.5 Å². The number of nitrogens with one attached hydrogen (secondary N) is 2. The molecule has 128 valence electrons. The smallest absolute Gasteiger partial charge is 0.170 e. The highest BCUT2D eigenvalue weighted by Gasteiger charge is 2.12. The molecule has 23 heavy (non-hydrogen) atoms. The zero-order valence-corrected chi connectivity index (χ0v) is 14.9. The van der Waals surface area contributed by atoms with Crippen LogP contribution in [-0.2, 0) is 4.74 Å². The second kappa shape index (κ2) is 9.12. The zero-order valence-electron chi connectivity index (χ0n) is 13.4. The van der Waals surface area contributed by atoms with Crippen molar-refractivity contribution in [1.29, 1.82) is 0 Å². The molecule has 0 bridgehead atoms. The maximum atomic E-state index is 6.15. The molecule has 1 saturated heterocycles. The van der Waals surface area contributed by atoms with Gasteiger partial charge in [-0.25, -0.2) is 0 Å². The lowest BCUT2D eigenvalue weighted by Crippen LogP contribution is -2.42. The lowest BCUT2D eigenvalue weighted by atomic mass is 10.2. The van der Waals surface area contributed by atoms with Crippen molar-refractivity contribution in [2.45, 2.75) is 0 Å². The van der Waals surface area contributed by atoms with E-state index in [9.17, 15) is 0 Å². The SMILES string of the molecule is COc1cc(OC)c(NC(=S)NCCN2CCOCC2)cc1Cl. The van der Waals surface area contributed by atoms with Crippen molar-refractivity contribution >= 4 is 34.6 Å². The third-order valence-corrected chi connectivity index (χ3v) is 4.08. The van der Waals surface area contributed by atoms with Gasteiger partial charge in [-0.1, -0.05) is 11.6 Å². The Balaban J connectivity index is 1.85. The highest BCUT2D eigenvalue weighted by molar-refractivity contribution is 7.80. The number of halogens is 1. The summed E-state index contributed by atoms with van der Waals surface area (Å²) < 4.78 is 15.8. The third kappa shape index (κ3) is 5.39. The minimum absolute atomic E-state index is 0.493. The number of benzene rings is 1. The summed E-state index contributed by atoms with van der Waals surface area (Å²) in [5, 5.41) is 7.31. The van der Waals surface area contributed by atoms with Crippen LogP contribution in [-0.4, -0.2) is 63.6 Å². The highest BCUT2D eigenvalue weighted by atomic mass is 35.5. The fourth-order valence-electron chi connectivity index (χ4n) is 2.28. The van der Waals surface area contributed by atoms with Crippen molar-refractivity contribution < 1.29 is 14.2 Å². The molecule has 1 aromatic carbocycles. The van der Waals surface area contributed by atoms with Gasteiger partial charge in [0.05, 0.1) is 38.1 Å². The topological polar surface area (TPSA) is 55.0 Å². The molecule has 0 atom stereocenters. The summed E-state index contributed by atoms with van der Waals surface area (Å²) >= 11 is 11.5. The predicted octanol–water partition coefficient (Wildman–Crippen LogP) is 1.98. The molecule has 1 aliphatic rings. The Bertz CT molecular complexity index is 539. The Labute approximate surface area is 147 Å². The van der Waals surface area contributed by atoms with Gasteiger partial charge in [0.1, 0.15) is 11.5 Å². The number of methoxy groups -OCH3 is 2. The van der Waals surface area contributed by atoms with E-state index in [0.29, 0.717) is 27.3 Å². The molecule has 0 aromatic heterocycles. The van der Waals surface area contributed by atoms with Gasteiger partial charge in [0, 0.05) is 32.2 Å². The Morgan fingerprint density at radius 2 is 1.96 bits per heavy atom. The van der Waals surface area contributed by atoms with E-state index in [1.165, 1.54) is 0 Å². The summed E-state index contributed by atoms with van der Waals surface area (Å²) in [6, 6.07) is 3.45. The summed E-state index contributed by atoms with van der Waals surface area (Å²) in [4.78, 5) is 2.34. The molecular formula is C15H22ClN3O3S. The van der Waals surface area contributed by atoms with E-state index < -0.39 is 0 Å². The molecular weight excluding hydrogens is 338 g/mol. The van der Waals surface area contributed by atoms with E-state index in [1.807, 2.05) is 0 Å². The van der Waals surface area contributed by atoms with Crippen LogP contribution in [0.2, 0.25) is 5.02 Å². The number of anilines is 1. The van der Waals surface area contributed by atoms with Gasteiger partial charge in [-0.15, -0.1) is 0 Å². The van der Waals surface area contributed by atoms with E-state index in [0.717, 1.165) is 39.4 Å². The van der Waals surface area contributed by atoms with Gasteiger partial charge in [0.25, 0.3) is 0 Å². The number of nitrogens with zero attached hydrogens (tertiary/aromatic N) is 1. The molecule has 2 N–H and O–H groups in total. The normalized spacial score (nSPS) is 15.1. The fourth-order valence-corrected chi connectivity index (χ4v) is 2.73. The van der Waals surface area contributed by atoms with E-state index >= 15 is 0 Å². The Morgan fingerprint density at radius 1 is 1.26 bits per heavy atom. The number of hydrogen-bond acceptors (Lipinski definition) is 5. The molecule has 1 aromatic rings. The van der Waals surface area contributed by atoms with Gasteiger partial charge in [0.2, 0.25) is 0 Å². The first-order chi connectivity index (χ1) is 11.1. The van der Waals surface area contributed by atoms with Gasteiger partial charge in [-0.3, -0.25) is 4.90 Å². The molecule has 0 radical (unpaired) electrons. The first kappa shape index (κ1) is 18.1. The molecule has 0 spiro atoms. The summed E-state index contributed by atoms with van der Waals surface area (Å²) in [6.45, 7) is 5.20. The minimum Gasteiger partial charge on any atom is -0.495 e. The van der Waals surface area contributed by atoms with Crippen molar-refractivity contribution in [3.05, 3.63) is 17.2 Å². The largest absolute Gasteiger partial charge is 0.495 e. The van der Waals surface area contributed by atoms with E-state index in [-0.39, 0.29) is 0 Å². The molecule has 2 rings (SSSR count). The number of morpholine rings is 1. The van der Waals surface area contributed by atoms with Crippen LogP contribution in [0.15, 0.2) is 12.1 Å². The van der Waals surface area contributed by atoms with Crippen LogP contribution >= 0.6 is 23.8 Å². The molecule has 0 saturated carbocycles. The van der Waals surface area contributed by atoms with Crippen LogP contribution in [0, 0.1) is 0 Å². The maximum Gasteiger partial charge on any atom is 0.170 e. The van der Waals surface area contributed by atoms with Crippen LogP contribution in [0.25, 0.3) is 0 Å². The average molecular weight is 360 g/mol. The van der Waals surface area contributed by atoms with E-state index in [4.69, 9.17) is 38.0 Å². The van der Waals surface area contributed by atoms with Crippen molar-refractivity contribution in [3.8, 4) is 11.5 Å². The second-order valence-corrected chi connectivity index (χ2v) is 5.84. The lowest BCUT2D eigenvalue weighted by Gasteiger charge is -2.26. The average Bonchev–Trinajstić information content (AvgIpc) is 2.56. The molecule has 1 aliphatic heterocycles. The molecule has 8 heteroatoms. The molecule has 6 nitrogen and oxygen atoms in total. The minimum atomic E-state index is 0.493. The van der Waals surface area contributed by atoms with Crippen LogP contribution in [0.4, 0.5) is 5.69 Å². The molecule has 1 heterocycles. The van der Waals surface area contributed by atoms with Gasteiger partial charge < -0.3 is 24.8 Å².